The minimum atomic E-state index is -1.76. The van der Waals surface area contributed by atoms with Gasteiger partial charge in [0.2, 0.25) is 0 Å². The number of hydrogen-bond acceptors (Lipinski definition) is 15. The highest BCUT2D eigenvalue weighted by atomic mass is 16.7. The van der Waals surface area contributed by atoms with Crippen LogP contribution in [0.5, 0.6) is 0 Å². The van der Waals surface area contributed by atoms with Crippen LogP contribution in [0.15, 0.2) is 0 Å². The zero-order valence-electron chi connectivity index (χ0n) is 51.1. The van der Waals surface area contributed by atoms with E-state index < -0.39 is 92.7 Å². The zero-order valence-corrected chi connectivity index (χ0v) is 51.1. The van der Waals surface area contributed by atoms with E-state index in [1.807, 2.05) is 0 Å². The summed E-state index contributed by atoms with van der Waals surface area (Å²) >= 11 is 0. The Bertz CT molecular complexity index is 1390. The lowest BCUT2D eigenvalue weighted by Gasteiger charge is -2.42. The van der Waals surface area contributed by atoms with Gasteiger partial charge in [0.25, 0.3) is 0 Å². The number of aliphatic hydroxyl groups excluding tert-OH is 7. The maximum Gasteiger partial charge on any atom is 0.306 e. The third kappa shape index (κ3) is 37.7. The van der Waals surface area contributed by atoms with Crippen LogP contribution in [0.1, 0.15) is 309 Å². The molecule has 11 atom stereocenters. The molecule has 11 unspecified atom stereocenters. The lowest BCUT2D eigenvalue weighted by atomic mass is 9.98. The molecule has 0 radical (unpaired) electrons. The summed E-state index contributed by atoms with van der Waals surface area (Å²) in [5.41, 5.74) is 0. The van der Waals surface area contributed by atoms with Crippen LogP contribution in [-0.4, -0.2) is 142 Å². The summed E-state index contributed by atoms with van der Waals surface area (Å²) in [4.78, 5) is 26.0. The topological polar surface area (TPSA) is 231 Å². The summed E-state index contributed by atoms with van der Waals surface area (Å²) in [5.74, 6) is -0.898. The second-order valence-electron chi connectivity index (χ2n) is 24.0. The number of ether oxygens (including phenoxy) is 6. The predicted octanol–water partition coefficient (Wildman–Crippen LogP) is 13.1. The molecule has 2 saturated heterocycles. The number of carbonyl (C=O) groups is 2. The van der Waals surface area contributed by atoms with Gasteiger partial charge in [0.15, 0.2) is 18.7 Å². The summed E-state index contributed by atoms with van der Waals surface area (Å²) in [6, 6.07) is 0. The van der Waals surface area contributed by atoms with Gasteiger partial charge in [-0.1, -0.05) is 284 Å². The maximum absolute atomic E-state index is 13.1. The molecule has 2 heterocycles. The fraction of sp³-hybridized carbons (Fsp3) is 0.969. The molecule has 7 N–H and O–H groups in total. The molecule has 2 aliphatic rings. The van der Waals surface area contributed by atoms with Crippen LogP contribution in [0.4, 0.5) is 0 Å². The first-order valence-corrected chi connectivity index (χ1v) is 33.6. The van der Waals surface area contributed by atoms with Gasteiger partial charge < -0.3 is 64.2 Å². The summed E-state index contributed by atoms with van der Waals surface area (Å²) < 4.78 is 33.8. The Kier molecular flexibility index (Phi) is 48.4. The highest BCUT2D eigenvalue weighted by Gasteiger charge is 2.47. The lowest BCUT2D eigenvalue weighted by molar-refractivity contribution is -0.332. The normalized spacial score (nSPS) is 23.6. The van der Waals surface area contributed by atoms with Gasteiger partial charge in [0.1, 0.15) is 55.4 Å². The summed E-state index contributed by atoms with van der Waals surface area (Å²) in [7, 11) is 0. The summed E-state index contributed by atoms with van der Waals surface area (Å²) in [5, 5.41) is 72.5. The standard InChI is InChI=1S/C65H124O15/c1-3-5-7-9-11-13-15-17-19-21-23-25-27-29-31-33-35-37-39-41-43-45-47-56(67)75-50-53(51-76-64-63(74)61(72)59(70)55(80-64)52-77-65-62(73)60(71)58(69)54(49-66)79-65)78-57(68)48-46-44-42-40-38-36-34-32-30-28-26-24-22-20-18-16-14-12-10-8-6-4-2/h53-55,58-66,69-74H,3-52H2,1-2H3. The highest BCUT2D eigenvalue weighted by molar-refractivity contribution is 5.70. The Hall–Kier alpha value is -1.50. The number of esters is 2. The Morgan fingerprint density at radius 2 is 0.637 bits per heavy atom. The van der Waals surface area contributed by atoms with E-state index >= 15 is 0 Å². The summed E-state index contributed by atoms with van der Waals surface area (Å²) in [6.45, 7) is 2.69. The van der Waals surface area contributed by atoms with Crippen molar-refractivity contribution >= 4 is 11.9 Å². The van der Waals surface area contributed by atoms with Gasteiger partial charge in [-0.2, -0.15) is 0 Å². The van der Waals surface area contributed by atoms with E-state index in [0.717, 1.165) is 38.5 Å². The van der Waals surface area contributed by atoms with Crippen molar-refractivity contribution in [2.24, 2.45) is 0 Å². The van der Waals surface area contributed by atoms with E-state index in [1.165, 1.54) is 231 Å². The molecule has 80 heavy (non-hydrogen) atoms. The molecule has 15 heteroatoms. The molecular formula is C65H124O15. The van der Waals surface area contributed by atoms with Crippen LogP contribution in [0.3, 0.4) is 0 Å². The van der Waals surface area contributed by atoms with Crippen molar-refractivity contribution in [3.05, 3.63) is 0 Å². The van der Waals surface area contributed by atoms with Crippen molar-refractivity contribution in [3.63, 3.8) is 0 Å². The van der Waals surface area contributed by atoms with E-state index in [9.17, 15) is 45.3 Å². The molecule has 2 fully saturated rings. The minimum absolute atomic E-state index is 0.174. The molecule has 2 rings (SSSR count). The molecular weight excluding hydrogens is 1020 g/mol. The molecule has 0 aromatic heterocycles. The molecule has 0 bridgehead atoms. The second kappa shape index (κ2) is 51.9. The Morgan fingerprint density at radius 3 is 0.975 bits per heavy atom. The third-order valence-electron chi connectivity index (χ3n) is 16.6. The first-order chi connectivity index (χ1) is 39.0. The van der Waals surface area contributed by atoms with E-state index in [-0.39, 0.29) is 26.1 Å². The molecule has 474 valence electrons. The lowest BCUT2D eigenvalue weighted by Crippen LogP contribution is -2.61. The van der Waals surface area contributed by atoms with Gasteiger partial charge >= 0.3 is 11.9 Å². The number of unbranched alkanes of at least 4 members (excludes halogenated alkanes) is 42. The van der Waals surface area contributed by atoms with Gasteiger partial charge in [0, 0.05) is 12.8 Å². The first kappa shape index (κ1) is 74.6. The van der Waals surface area contributed by atoms with Crippen LogP contribution < -0.4 is 0 Å². The van der Waals surface area contributed by atoms with Gasteiger partial charge in [-0.25, -0.2) is 0 Å². The molecule has 0 amide bonds. The largest absolute Gasteiger partial charge is 0.462 e. The van der Waals surface area contributed by atoms with Crippen molar-refractivity contribution in [2.45, 2.75) is 377 Å². The molecule has 0 aromatic rings. The molecule has 15 nitrogen and oxygen atoms in total. The molecule has 0 spiro atoms. The molecule has 2 aliphatic heterocycles. The number of aliphatic hydroxyl groups is 7. The zero-order chi connectivity index (χ0) is 58.1. The van der Waals surface area contributed by atoms with E-state index in [2.05, 4.69) is 13.8 Å². The van der Waals surface area contributed by atoms with Crippen molar-refractivity contribution in [2.75, 3.05) is 26.4 Å². The Labute approximate surface area is 487 Å². The van der Waals surface area contributed by atoms with Gasteiger partial charge in [-0.15, -0.1) is 0 Å². The van der Waals surface area contributed by atoms with Crippen LogP contribution in [0.2, 0.25) is 0 Å². The number of hydrogen-bond donors (Lipinski definition) is 7. The SMILES string of the molecule is CCCCCCCCCCCCCCCCCCCCCCCCC(=O)OCC(COC1OC(COC2OC(CO)C(O)C(O)C2O)C(O)C(O)C1O)OC(=O)CCCCCCCCCCCCCCCCCCCCCCCC. The summed E-state index contributed by atoms with van der Waals surface area (Å²) in [6.07, 6.45) is 39.9. The van der Waals surface area contributed by atoms with Gasteiger partial charge in [-0.05, 0) is 12.8 Å². The van der Waals surface area contributed by atoms with Crippen molar-refractivity contribution in [1.29, 1.82) is 0 Å². The average molecular weight is 1150 g/mol. The monoisotopic (exact) mass is 1140 g/mol. The van der Waals surface area contributed by atoms with Crippen LogP contribution >= 0.6 is 0 Å². The molecule has 0 aliphatic carbocycles. The highest BCUT2D eigenvalue weighted by Crippen LogP contribution is 2.27. The fourth-order valence-corrected chi connectivity index (χ4v) is 11.2. The first-order valence-electron chi connectivity index (χ1n) is 33.6. The Morgan fingerprint density at radius 1 is 0.350 bits per heavy atom. The second-order valence-corrected chi connectivity index (χ2v) is 24.0. The van der Waals surface area contributed by atoms with E-state index in [0.29, 0.717) is 12.8 Å². The van der Waals surface area contributed by atoms with Crippen molar-refractivity contribution in [3.8, 4) is 0 Å². The van der Waals surface area contributed by atoms with Crippen LogP contribution in [-0.2, 0) is 38.0 Å². The van der Waals surface area contributed by atoms with Crippen LogP contribution in [0.25, 0.3) is 0 Å². The van der Waals surface area contributed by atoms with Gasteiger partial charge in [-0.3, -0.25) is 9.59 Å². The van der Waals surface area contributed by atoms with Crippen LogP contribution in [0, 0.1) is 0 Å². The molecule has 0 aromatic carbocycles. The minimum Gasteiger partial charge on any atom is -0.462 e. The molecule has 0 saturated carbocycles. The third-order valence-corrected chi connectivity index (χ3v) is 16.6. The predicted molar refractivity (Wildman–Crippen MR) is 317 cm³/mol. The van der Waals surface area contributed by atoms with Crippen molar-refractivity contribution < 1.29 is 73.8 Å². The van der Waals surface area contributed by atoms with Crippen molar-refractivity contribution in [1.82, 2.24) is 0 Å². The number of rotatable bonds is 56. The smallest absolute Gasteiger partial charge is 0.306 e. The van der Waals surface area contributed by atoms with E-state index in [1.54, 1.807) is 0 Å². The number of carbonyl (C=O) groups excluding carboxylic acids is 2. The van der Waals surface area contributed by atoms with E-state index in [4.69, 9.17) is 28.4 Å². The Balaban J connectivity index is 1.68. The maximum atomic E-state index is 13.1. The fourth-order valence-electron chi connectivity index (χ4n) is 11.2. The quantitative estimate of drug-likeness (QED) is 0.0222. The van der Waals surface area contributed by atoms with Gasteiger partial charge in [0.05, 0.1) is 19.8 Å². The average Bonchev–Trinajstić information content (AvgIpc) is 3.50.